The molecule has 0 aliphatic carbocycles. The molecule has 4 rings (SSSR count). The number of nitrogens with one attached hydrogen (secondary N) is 1. The maximum Gasteiger partial charge on any atom is 0.322 e. The number of carbonyl (C=O) groups excluding carboxylic acids is 1. The first-order chi connectivity index (χ1) is 14.7. The molecule has 0 spiro atoms. The smallest absolute Gasteiger partial charge is 0.322 e. The number of urea groups is 1. The molecule has 156 valence electrons. The van der Waals surface area contributed by atoms with Crippen LogP contribution in [0.25, 0.3) is 0 Å². The van der Waals surface area contributed by atoms with E-state index in [2.05, 4.69) is 22.1 Å². The van der Waals surface area contributed by atoms with Crippen LogP contribution in [0.3, 0.4) is 0 Å². The Morgan fingerprint density at radius 1 is 0.933 bits per heavy atom. The number of rotatable bonds is 5. The molecule has 0 saturated heterocycles. The van der Waals surface area contributed by atoms with Gasteiger partial charge in [0.15, 0.2) is 11.5 Å². The molecule has 0 bridgehead atoms. The van der Waals surface area contributed by atoms with Crippen molar-refractivity contribution in [3.63, 3.8) is 0 Å². The second-order valence-corrected chi connectivity index (χ2v) is 6.98. The maximum atomic E-state index is 13.3. The van der Waals surface area contributed by atoms with Crippen LogP contribution in [0.1, 0.15) is 17.3 Å². The van der Waals surface area contributed by atoms with Crippen LogP contribution < -0.4 is 19.5 Å². The van der Waals surface area contributed by atoms with Gasteiger partial charge in [-0.25, -0.2) is 4.79 Å². The van der Waals surface area contributed by atoms with E-state index in [-0.39, 0.29) is 12.1 Å². The number of amides is 2. The Morgan fingerprint density at radius 2 is 1.63 bits per heavy atom. The summed E-state index contributed by atoms with van der Waals surface area (Å²) >= 11 is 0. The molecule has 7 nitrogen and oxygen atoms in total. The zero-order valence-electron chi connectivity index (χ0n) is 17.3. The van der Waals surface area contributed by atoms with E-state index in [4.69, 9.17) is 14.2 Å². The Labute approximate surface area is 175 Å². The summed E-state index contributed by atoms with van der Waals surface area (Å²) in [6.45, 7) is 1.34. The minimum atomic E-state index is -0.189. The first kappa shape index (κ1) is 19.7. The number of methoxy groups -OCH3 is 3. The Bertz CT molecular complexity index is 1010. The average molecular weight is 407 g/mol. The second kappa shape index (κ2) is 8.41. The van der Waals surface area contributed by atoms with Crippen molar-refractivity contribution in [2.45, 2.75) is 12.6 Å². The Morgan fingerprint density at radius 3 is 2.27 bits per heavy atom. The first-order valence-electron chi connectivity index (χ1n) is 9.74. The monoisotopic (exact) mass is 407 g/mol. The zero-order chi connectivity index (χ0) is 21.1. The fourth-order valence-corrected chi connectivity index (χ4v) is 3.94. The first-order valence-corrected chi connectivity index (χ1v) is 9.74. The van der Waals surface area contributed by atoms with Gasteiger partial charge in [-0.05, 0) is 17.7 Å². The highest BCUT2D eigenvalue weighted by molar-refractivity contribution is 5.91. The van der Waals surface area contributed by atoms with E-state index in [0.717, 1.165) is 17.8 Å². The lowest BCUT2D eigenvalue weighted by atomic mass is 10.0. The largest absolute Gasteiger partial charge is 0.493 e. The lowest BCUT2D eigenvalue weighted by Gasteiger charge is -2.37. The van der Waals surface area contributed by atoms with Gasteiger partial charge < -0.3 is 29.0 Å². The van der Waals surface area contributed by atoms with Crippen molar-refractivity contribution in [3.05, 3.63) is 72.1 Å². The zero-order valence-corrected chi connectivity index (χ0v) is 17.3. The molecule has 2 heterocycles. The van der Waals surface area contributed by atoms with Gasteiger partial charge in [0, 0.05) is 37.1 Å². The number of nitrogens with zero attached hydrogens (tertiary/aromatic N) is 2. The van der Waals surface area contributed by atoms with E-state index in [1.165, 1.54) is 0 Å². The molecule has 0 saturated carbocycles. The van der Waals surface area contributed by atoms with E-state index in [1.807, 2.05) is 41.3 Å². The average Bonchev–Trinajstić information content (AvgIpc) is 3.27. The van der Waals surface area contributed by atoms with Gasteiger partial charge in [-0.2, -0.15) is 0 Å². The van der Waals surface area contributed by atoms with E-state index in [9.17, 15) is 4.79 Å². The summed E-state index contributed by atoms with van der Waals surface area (Å²) in [7, 11) is 4.65. The summed E-state index contributed by atoms with van der Waals surface area (Å²) in [5.74, 6) is 1.45. The van der Waals surface area contributed by atoms with Gasteiger partial charge in [0.25, 0.3) is 0 Å². The van der Waals surface area contributed by atoms with Gasteiger partial charge in [-0.15, -0.1) is 0 Å². The molecule has 2 amide bonds. The molecule has 3 aromatic rings. The highest BCUT2D eigenvalue weighted by Crippen LogP contribution is 2.40. The summed E-state index contributed by atoms with van der Waals surface area (Å²) in [5, 5.41) is 3.00. The number of aromatic nitrogens is 1. The van der Waals surface area contributed by atoms with Gasteiger partial charge in [-0.1, -0.05) is 30.3 Å². The van der Waals surface area contributed by atoms with Crippen molar-refractivity contribution in [2.75, 3.05) is 33.2 Å². The van der Waals surface area contributed by atoms with Crippen LogP contribution in [0.5, 0.6) is 17.2 Å². The normalized spacial score (nSPS) is 15.3. The number of carbonyl (C=O) groups is 1. The van der Waals surface area contributed by atoms with E-state index < -0.39 is 0 Å². The van der Waals surface area contributed by atoms with E-state index in [1.54, 1.807) is 33.5 Å². The SMILES string of the molecule is COc1cc(NC(=O)N2CCn3cccc3[C@@H]2c2ccccc2)cc(OC)c1OC. The molecular formula is C23H25N3O4. The number of hydrogen-bond donors (Lipinski definition) is 1. The van der Waals surface area contributed by atoms with Gasteiger partial charge in [0.05, 0.1) is 33.1 Å². The maximum absolute atomic E-state index is 13.3. The van der Waals surface area contributed by atoms with Crippen molar-refractivity contribution >= 4 is 11.7 Å². The van der Waals surface area contributed by atoms with Gasteiger partial charge in [-0.3, -0.25) is 0 Å². The van der Waals surface area contributed by atoms with Crippen LogP contribution in [-0.2, 0) is 6.54 Å². The molecule has 0 unspecified atom stereocenters. The van der Waals surface area contributed by atoms with Crippen LogP contribution >= 0.6 is 0 Å². The van der Waals surface area contributed by atoms with Crippen molar-refractivity contribution in [2.24, 2.45) is 0 Å². The third-order valence-electron chi connectivity index (χ3n) is 5.33. The number of fused-ring (bicyclic) bond motifs is 1. The summed E-state index contributed by atoms with van der Waals surface area (Å²) in [6.07, 6.45) is 2.06. The van der Waals surface area contributed by atoms with Crippen molar-refractivity contribution in [1.29, 1.82) is 0 Å². The van der Waals surface area contributed by atoms with Crippen LogP contribution in [0.15, 0.2) is 60.8 Å². The standard InChI is InChI=1S/C23H25N3O4/c1-28-19-14-17(15-20(29-2)22(19)30-3)24-23(27)26-13-12-25-11-7-10-18(25)21(26)16-8-5-4-6-9-16/h4-11,14-15,21H,12-13H2,1-3H3,(H,24,27)/t21-/m0/s1. The molecular weight excluding hydrogens is 382 g/mol. The molecule has 1 atom stereocenters. The predicted molar refractivity (Wildman–Crippen MR) is 115 cm³/mol. The quantitative estimate of drug-likeness (QED) is 0.690. The minimum absolute atomic E-state index is 0.169. The van der Waals surface area contributed by atoms with Gasteiger partial charge >= 0.3 is 6.03 Å². The van der Waals surface area contributed by atoms with Crippen LogP contribution in [0.4, 0.5) is 10.5 Å². The molecule has 30 heavy (non-hydrogen) atoms. The highest BCUT2D eigenvalue weighted by atomic mass is 16.5. The van der Waals surface area contributed by atoms with Crippen molar-refractivity contribution < 1.29 is 19.0 Å². The Kier molecular flexibility index (Phi) is 5.52. The van der Waals surface area contributed by atoms with Crippen LogP contribution in [-0.4, -0.2) is 43.4 Å². The second-order valence-electron chi connectivity index (χ2n) is 6.98. The molecule has 1 aliphatic rings. The van der Waals surface area contributed by atoms with Crippen LogP contribution in [0, 0.1) is 0 Å². The van der Waals surface area contributed by atoms with Crippen LogP contribution in [0.2, 0.25) is 0 Å². The number of hydrogen-bond acceptors (Lipinski definition) is 4. The molecule has 1 aromatic heterocycles. The molecule has 1 aliphatic heterocycles. The Hall–Kier alpha value is -3.61. The lowest BCUT2D eigenvalue weighted by molar-refractivity contribution is 0.182. The van der Waals surface area contributed by atoms with Gasteiger partial charge in [0.1, 0.15) is 0 Å². The summed E-state index contributed by atoms with van der Waals surface area (Å²) in [4.78, 5) is 15.2. The number of anilines is 1. The van der Waals surface area contributed by atoms with E-state index >= 15 is 0 Å². The summed E-state index contributed by atoms with van der Waals surface area (Å²) in [6, 6.07) is 17.2. The fourth-order valence-electron chi connectivity index (χ4n) is 3.94. The number of benzene rings is 2. The minimum Gasteiger partial charge on any atom is -0.493 e. The van der Waals surface area contributed by atoms with Crippen molar-refractivity contribution in [3.8, 4) is 17.2 Å². The topological polar surface area (TPSA) is 65.0 Å². The predicted octanol–water partition coefficient (Wildman–Crippen LogP) is 4.15. The summed E-state index contributed by atoms with van der Waals surface area (Å²) < 4.78 is 18.4. The number of ether oxygens (including phenoxy) is 3. The molecule has 7 heteroatoms. The van der Waals surface area contributed by atoms with Gasteiger partial charge in [0.2, 0.25) is 5.75 Å². The lowest BCUT2D eigenvalue weighted by Crippen LogP contribution is -2.44. The molecule has 0 radical (unpaired) electrons. The van der Waals surface area contributed by atoms with Crippen molar-refractivity contribution in [1.82, 2.24) is 9.47 Å². The molecule has 2 aromatic carbocycles. The third-order valence-corrected chi connectivity index (χ3v) is 5.33. The fraction of sp³-hybridized carbons (Fsp3) is 0.261. The highest BCUT2D eigenvalue weighted by Gasteiger charge is 2.32. The Balaban J connectivity index is 1.66. The van der Waals surface area contributed by atoms with E-state index in [0.29, 0.717) is 29.5 Å². The summed E-state index contributed by atoms with van der Waals surface area (Å²) in [5.41, 5.74) is 2.73. The molecule has 0 fully saturated rings. The third kappa shape index (κ3) is 3.54. The molecule has 1 N–H and O–H groups in total.